The summed E-state index contributed by atoms with van der Waals surface area (Å²) in [7, 11) is 1.61. The number of rotatable bonds is 5. The number of ether oxygens (including phenoxy) is 1. The molecule has 8 heteroatoms. The molecule has 1 unspecified atom stereocenters. The fraction of sp³-hybridized carbons (Fsp3) is 0.316. The minimum absolute atomic E-state index is 0. The third-order valence-electron chi connectivity index (χ3n) is 4.32. The number of piperazine rings is 1. The molecule has 0 bridgehead atoms. The van der Waals surface area contributed by atoms with Gasteiger partial charge in [-0.15, -0.1) is 24.2 Å². The minimum Gasteiger partial charge on any atom is -0.496 e. The number of carbonyl (C=O) groups excluding carboxylic acids is 1. The summed E-state index contributed by atoms with van der Waals surface area (Å²) in [6.45, 7) is 1.94. The Labute approximate surface area is 167 Å². The van der Waals surface area contributed by atoms with Crippen molar-refractivity contribution in [2.45, 2.75) is 10.9 Å². The molecule has 1 N–H and O–H groups in total. The molecule has 4 nitrogen and oxygen atoms in total. The molecule has 2 aromatic rings. The summed E-state index contributed by atoms with van der Waals surface area (Å²) in [6, 6.07) is 11.2. The first-order valence-corrected chi connectivity index (χ1v) is 9.29. The highest BCUT2D eigenvalue weighted by atomic mass is 35.5. The number of halogens is 3. The summed E-state index contributed by atoms with van der Waals surface area (Å²) in [5.74, 6) is -0.934. The molecule has 0 aromatic heterocycles. The van der Waals surface area contributed by atoms with Crippen LogP contribution in [-0.4, -0.2) is 43.3 Å². The van der Waals surface area contributed by atoms with Crippen molar-refractivity contribution >= 4 is 30.1 Å². The highest BCUT2D eigenvalue weighted by Gasteiger charge is 2.29. The van der Waals surface area contributed by atoms with Crippen molar-refractivity contribution in [3.63, 3.8) is 0 Å². The van der Waals surface area contributed by atoms with Crippen LogP contribution < -0.4 is 10.1 Å². The third-order valence-corrected chi connectivity index (χ3v) is 5.29. The van der Waals surface area contributed by atoms with Crippen LogP contribution in [0.25, 0.3) is 0 Å². The molecule has 1 amide bonds. The average molecular weight is 415 g/mol. The van der Waals surface area contributed by atoms with E-state index < -0.39 is 11.6 Å². The predicted molar refractivity (Wildman–Crippen MR) is 105 cm³/mol. The smallest absolute Gasteiger partial charge is 0.233 e. The quantitative estimate of drug-likeness (QED) is 0.758. The lowest BCUT2D eigenvalue weighted by atomic mass is 10.0. The van der Waals surface area contributed by atoms with Gasteiger partial charge >= 0.3 is 0 Å². The van der Waals surface area contributed by atoms with Gasteiger partial charge in [0.05, 0.1) is 18.9 Å². The zero-order valence-corrected chi connectivity index (χ0v) is 16.4. The van der Waals surface area contributed by atoms with Crippen LogP contribution in [0.1, 0.15) is 11.6 Å². The van der Waals surface area contributed by atoms with Crippen molar-refractivity contribution < 1.29 is 18.3 Å². The van der Waals surface area contributed by atoms with Gasteiger partial charge in [0.2, 0.25) is 5.91 Å². The second kappa shape index (κ2) is 9.92. The van der Waals surface area contributed by atoms with Gasteiger partial charge < -0.3 is 15.0 Å². The monoisotopic (exact) mass is 414 g/mol. The van der Waals surface area contributed by atoms with E-state index in [4.69, 9.17) is 4.74 Å². The molecule has 3 rings (SSSR count). The highest BCUT2D eigenvalue weighted by Crippen LogP contribution is 2.31. The third kappa shape index (κ3) is 5.12. The van der Waals surface area contributed by atoms with E-state index in [0.29, 0.717) is 24.5 Å². The van der Waals surface area contributed by atoms with Gasteiger partial charge in [0.1, 0.15) is 5.75 Å². The highest BCUT2D eigenvalue weighted by molar-refractivity contribution is 8.00. The van der Waals surface area contributed by atoms with Crippen LogP contribution in [-0.2, 0) is 4.79 Å². The Morgan fingerprint density at radius 1 is 1.26 bits per heavy atom. The second-order valence-corrected chi connectivity index (χ2v) is 6.96. The summed E-state index contributed by atoms with van der Waals surface area (Å²) < 4.78 is 31.8. The Morgan fingerprint density at radius 2 is 2.04 bits per heavy atom. The van der Waals surface area contributed by atoms with Gasteiger partial charge in [0, 0.05) is 30.1 Å². The van der Waals surface area contributed by atoms with E-state index in [1.54, 1.807) is 7.11 Å². The summed E-state index contributed by atoms with van der Waals surface area (Å²) in [5.41, 5.74) is 0.952. The normalized spacial score (nSPS) is 16.6. The molecule has 2 aromatic carbocycles. The summed E-state index contributed by atoms with van der Waals surface area (Å²) >= 11 is 1.20. The topological polar surface area (TPSA) is 41.6 Å². The van der Waals surface area contributed by atoms with Crippen LogP contribution in [0.3, 0.4) is 0 Å². The summed E-state index contributed by atoms with van der Waals surface area (Å²) in [4.78, 5) is 15.1. The SMILES string of the molecule is COc1ccccc1C1CNCCN1C(=O)CSc1ccc(F)c(F)c1.Cl. The molecule has 1 heterocycles. The number of thioether (sulfide) groups is 1. The van der Waals surface area contributed by atoms with Crippen molar-refractivity contribution in [2.75, 3.05) is 32.5 Å². The zero-order chi connectivity index (χ0) is 18.5. The van der Waals surface area contributed by atoms with Crippen LogP contribution in [0, 0.1) is 11.6 Å². The van der Waals surface area contributed by atoms with E-state index in [-0.39, 0.29) is 30.1 Å². The number of nitrogens with one attached hydrogen (secondary N) is 1. The molecule has 1 saturated heterocycles. The Morgan fingerprint density at radius 3 is 2.78 bits per heavy atom. The van der Waals surface area contributed by atoms with E-state index in [9.17, 15) is 13.6 Å². The predicted octanol–water partition coefficient (Wildman–Crippen LogP) is 3.66. The van der Waals surface area contributed by atoms with Crippen molar-refractivity contribution in [3.8, 4) is 5.75 Å². The maximum absolute atomic E-state index is 13.3. The molecule has 0 saturated carbocycles. The van der Waals surface area contributed by atoms with Gasteiger partial charge in [-0.1, -0.05) is 18.2 Å². The Kier molecular flexibility index (Phi) is 7.89. The van der Waals surface area contributed by atoms with Gasteiger partial charge in [-0.3, -0.25) is 4.79 Å². The Bertz CT molecular complexity index is 794. The van der Waals surface area contributed by atoms with Gasteiger partial charge in [-0.25, -0.2) is 8.78 Å². The van der Waals surface area contributed by atoms with Crippen LogP contribution in [0.15, 0.2) is 47.4 Å². The molecule has 0 aliphatic carbocycles. The van der Waals surface area contributed by atoms with E-state index in [1.165, 1.54) is 17.8 Å². The first kappa shape index (κ1) is 21.5. The molecular formula is C19H21ClF2N2O2S. The molecule has 27 heavy (non-hydrogen) atoms. The molecule has 0 spiro atoms. The first-order chi connectivity index (χ1) is 12.6. The lowest BCUT2D eigenvalue weighted by Gasteiger charge is -2.37. The van der Waals surface area contributed by atoms with E-state index in [2.05, 4.69) is 5.32 Å². The number of carbonyl (C=O) groups is 1. The maximum Gasteiger partial charge on any atom is 0.233 e. The Hall–Kier alpha value is -1.83. The number of nitrogens with zero attached hydrogens (tertiary/aromatic N) is 1. The van der Waals surface area contributed by atoms with Crippen molar-refractivity contribution in [3.05, 3.63) is 59.7 Å². The van der Waals surface area contributed by atoms with Crippen LogP contribution in [0.5, 0.6) is 5.75 Å². The second-order valence-electron chi connectivity index (χ2n) is 5.91. The fourth-order valence-corrected chi connectivity index (χ4v) is 3.82. The fourth-order valence-electron chi connectivity index (χ4n) is 3.02. The van der Waals surface area contributed by atoms with Crippen LogP contribution >= 0.6 is 24.2 Å². The van der Waals surface area contributed by atoms with Crippen molar-refractivity contribution in [1.29, 1.82) is 0 Å². The number of para-hydroxylation sites is 1. The van der Waals surface area contributed by atoms with Crippen LogP contribution in [0.2, 0.25) is 0 Å². The van der Waals surface area contributed by atoms with Gasteiger partial charge in [-0.05, 0) is 24.3 Å². The first-order valence-electron chi connectivity index (χ1n) is 8.31. The van der Waals surface area contributed by atoms with Gasteiger partial charge in [-0.2, -0.15) is 0 Å². The van der Waals surface area contributed by atoms with Gasteiger partial charge in [0.15, 0.2) is 11.6 Å². The minimum atomic E-state index is -0.906. The number of benzene rings is 2. The molecule has 1 aliphatic rings. The number of methoxy groups -OCH3 is 1. The summed E-state index contributed by atoms with van der Waals surface area (Å²) in [5, 5.41) is 3.31. The molecule has 1 atom stereocenters. The molecular weight excluding hydrogens is 394 g/mol. The van der Waals surface area contributed by atoms with E-state index >= 15 is 0 Å². The largest absolute Gasteiger partial charge is 0.496 e. The average Bonchev–Trinajstić information content (AvgIpc) is 2.68. The zero-order valence-electron chi connectivity index (χ0n) is 14.8. The molecule has 146 valence electrons. The molecule has 1 aliphatic heterocycles. The van der Waals surface area contributed by atoms with E-state index in [1.807, 2.05) is 29.2 Å². The standard InChI is InChI=1S/C19H20F2N2O2S.ClH/c1-25-18-5-3-2-4-14(18)17-11-22-8-9-23(17)19(24)12-26-13-6-7-15(20)16(21)10-13;/h2-7,10,17,22H,8-9,11-12H2,1H3;1H. The van der Waals surface area contributed by atoms with Crippen molar-refractivity contribution in [1.82, 2.24) is 10.2 Å². The summed E-state index contributed by atoms with van der Waals surface area (Å²) in [6.07, 6.45) is 0. The molecule has 0 radical (unpaired) electrons. The number of amides is 1. The van der Waals surface area contributed by atoms with Crippen LogP contribution in [0.4, 0.5) is 8.78 Å². The van der Waals surface area contributed by atoms with Gasteiger partial charge in [0.25, 0.3) is 0 Å². The molecule has 1 fully saturated rings. The lowest BCUT2D eigenvalue weighted by molar-refractivity contribution is -0.131. The number of hydrogen-bond acceptors (Lipinski definition) is 4. The van der Waals surface area contributed by atoms with E-state index in [0.717, 1.165) is 23.4 Å². The Balaban J connectivity index is 0.00000261. The number of hydrogen-bond donors (Lipinski definition) is 1. The van der Waals surface area contributed by atoms with Crippen molar-refractivity contribution in [2.24, 2.45) is 0 Å². The lowest BCUT2D eigenvalue weighted by Crippen LogP contribution is -2.49. The maximum atomic E-state index is 13.3.